The molecular weight excluding hydrogens is 505 g/mol. The molecule has 0 aliphatic carbocycles. The Balaban J connectivity index is 1.75. The summed E-state index contributed by atoms with van der Waals surface area (Å²) < 4.78 is 0. The largest absolute Gasteiger partial charge is 0.135 e. The predicted octanol–water partition coefficient (Wildman–Crippen LogP) is 11.0. The first-order chi connectivity index (χ1) is 18.2. The molecular formula is C34H44S3. The van der Waals surface area contributed by atoms with E-state index in [0.29, 0.717) is 0 Å². The summed E-state index contributed by atoms with van der Waals surface area (Å²) in [6.45, 7) is 6.82. The minimum absolute atomic E-state index is 1.11. The topological polar surface area (TPSA) is 0 Å². The monoisotopic (exact) mass is 548 g/mol. The van der Waals surface area contributed by atoms with E-state index < -0.39 is 0 Å². The van der Waals surface area contributed by atoms with Crippen molar-refractivity contribution in [2.24, 2.45) is 0 Å². The quantitative estimate of drug-likeness (QED) is 0.131. The number of aryl methyl sites for hydroxylation is 3. The lowest BCUT2D eigenvalue weighted by atomic mass is 10.1. The van der Waals surface area contributed by atoms with Crippen molar-refractivity contribution in [2.75, 3.05) is 0 Å². The third-order valence-corrected chi connectivity index (χ3v) is 9.54. The van der Waals surface area contributed by atoms with Crippen LogP contribution in [0.3, 0.4) is 0 Å². The highest BCUT2D eigenvalue weighted by Gasteiger charge is 2.08. The smallest absolute Gasteiger partial charge is 0.0817 e. The molecule has 0 unspecified atom stereocenters. The van der Waals surface area contributed by atoms with Gasteiger partial charge in [-0.2, -0.15) is 0 Å². The van der Waals surface area contributed by atoms with E-state index in [4.69, 9.17) is 0 Å². The summed E-state index contributed by atoms with van der Waals surface area (Å²) in [5.41, 5.74) is 4.25. The molecule has 0 saturated heterocycles. The Labute approximate surface area is 238 Å². The Hall–Kier alpha value is -1.78. The van der Waals surface area contributed by atoms with Gasteiger partial charge in [0, 0.05) is 0 Å². The van der Waals surface area contributed by atoms with Gasteiger partial charge < -0.3 is 0 Å². The fourth-order valence-corrected chi connectivity index (χ4v) is 7.04. The average Bonchev–Trinajstić information content (AvgIpc) is 3.64. The van der Waals surface area contributed by atoms with Gasteiger partial charge in [0.1, 0.15) is 0 Å². The van der Waals surface area contributed by atoms with E-state index in [1.807, 2.05) is 0 Å². The fourth-order valence-electron chi connectivity index (χ4n) is 4.52. The number of rotatable bonds is 15. The van der Waals surface area contributed by atoms with E-state index >= 15 is 0 Å². The maximum Gasteiger partial charge on any atom is 0.0817 e. The lowest BCUT2D eigenvalue weighted by Gasteiger charge is -2.00. The molecule has 3 heterocycles. The minimum Gasteiger partial charge on any atom is -0.135 e. The molecule has 3 rings (SSSR count). The summed E-state index contributed by atoms with van der Waals surface area (Å²) in [7, 11) is 0. The van der Waals surface area contributed by atoms with Crippen LogP contribution in [0.4, 0.5) is 0 Å². The van der Waals surface area contributed by atoms with Crippen LogP contribution in [0.5, 0.6) is 0 Å². The van der Waals surface area contributed by atoms with Crippen LogP contribution >= 0.6 is 34.0 Å². The van der Waals surface area contributed by atoms with Crippen LogP contribution in [0.2, 0.25) is 0 Å². The number of unbranched alkanes of at least 4 members (excludes halogenated alkanes) is 9. The molecule has 0 amide bonds. The Morgan fingerprint density at radius 3 is 1.49 bits per heavy atom. The van der Waals surface area contributed by atoms with Crippen LogP contribution < -0.4 is 0 Å². The molecule has 0 saturated carbocycles. The molecule has 3 heteroatoms. The van der Waals surface area contributed by atoms with E-state index in [1.54, 1.807) is 34.0 Å². The third-order valence-electron chi connectivity index (χ3n) is 6.79. The van der Waals surface area contributed by atoms with Crippen LogP contribution in [-0.4, -0.2) is 0 Å². The first kappa shape index (κ1) is 29.8. The van der Waals surface area contributed by atoms with Crippen LogP contribution in [0, 0.1) is 23.7 Å². The summed E-state index contributed by atoms with van der Waals surface area (Å²) in [6.07, 6.45) is 18.9. The Morgan fingerprint density at radius 2 is 0.973 bits per heavy atom. The lowest BCUT2D eigenvalue weighted by Crippen LogP contribution is -1.87. The molecule has 0 fully saturated rings. The van der Waals surface area contributed by atoms with Crippen molar-refractivity contribution in [3.63, 3.8) is 0 Å². The summed E-state index contributed by atoms with van der Waals surface area (Å²) in [6, 6.07) is 6.87. The highest BCUT2D eigenvalue weighted by molar-refractivity contribution is 7.13. The van der Waals surface area contributed by atoms with Gasteiger partial charge in [-0.15, -0.1) is 34.0 Å². The summed E-state index contributed by atoms with van der Waals surface area (Å²) in [4.78, 5) is 4.87. The summed E-state index contributed by atoms with van der Waals surface area (Å²) in [5.74, 6) is 14.1. The maximum atomic E-state index is 3.58. The van der Waals surface area contributed by atoms with Crippen molar-refractivity contribution in [3.05, 3.63) is 65.2 Å². The second-order valence-corrected chi connectivity index (χ2v) is 12.8. The number of thiophene rings is 3. The van der Waals surface area contributed by atoms with Crippen molar-refractivity contribution in [3.8, 4) is 23.7 Å². The van der Waals surface area contributed by atoms with Crippen molar-refractivity contribution in [1.29, 1.82) is 0 Å². The summed E-state index contributed by atoms with van der Waals surface area (Å²) in [5, 5.41) is 4.40. The molecule has 0 spiro atoms. The molecule has 0 atom stereocenters. The standard InChI is InChI=1S/C34H44S3/c1-4-7-10-13-16-28-23-25-35-32(28)20-19-31-27-30(18-15-12-9-6-3)34(37-31)22-21-33-29(24-26-36-33)17-14-11-8-5-2/h23-27H,4-18H2,1-3H3. The number of hydrogen-bond donors (Lipinski definition) is 0. The maximum absolute atomic E-state index is 3.58. The molecule has 0 N–H and O–H groups in total. The molecule has 0 nitrogen and oxygen atoms in total. The Morgan fingerprint density at radius 1 is 0.514 bits per heavy atom. The first-order valence-electron chi connectivity index (χ1n) is 14.5. The molecule has 0 bridgehead atoms. The molecule has 3 aromatic heterocycles. The van der Waals surface area contributed by atoms with E-state index in [9.17, 15) is 0 Å². The van der Waals surface area contributed by atoms with Crippen molar-refractivity contribution in [1.82, 2.24) is 0 Å². The van der Waals surface area contributed by atoms with Gasteiger partial charge in [0.25, 0.3) is 0 Å². The van der Waals surface area contributed by atoms with Gasteiger partial charge in [0.15, 0.2) is 0 Å². The van der Waals surface area contributed by atoms with Gasteiger partial charge in [-0.05, 0) is 108 Å². The molecule has 198 valence electrons. The molecule has 3 aromatic rings. The van der Waals surface area contributed by atoms with Crippen LogP contribution in [0.15, 0.2) is 29.0 Å². The van der Waals surface area contributed by atoms with Crippen molar-refractivity contribution in [2.45, 2.75) is 117 Å². The zero-order chi connectivity index (χ0) is 26.1. The predicted molar refractivity (Wildman–Crippen MR) is 168 cm³/mol. The van der Waals surface area contributed by atoms with Crippen LogP contribution in [0.1, 0.15) is 134 Å². The van der Waals surface area contributed by atoms with E-state index in [0.717, 1.165) is 24.1 Å². The zero-order valence-electron chi connectivity index (χ0n) is 23.2. The molecule has 0 aliphatic rings. The fraction of sp³-hybridized carbons (Fsp3) is 0.529. The van der Waals surface area contributed by atoms with E-state index in [-0.39, 0.29) is 0 Å². The van der Waals surface area contributed by atoms with Gasteiger partial charge in [0.2, 0.25) is 0 Å². The highest BCUT2D eigenvalue weighted by atomic mass is 32.1. The Kier molecular flexibility index (Phi) is 14.2. The van der Waals surface area contributed by atoms with Crippen LogP contribution in [0.25, 0.3) is 0 Å². The van der Waals surface area contributed by atoms with Gasteiger partial charge in [-0.3, -0.25) is 0 Å². The Bertz CT molecular complexity index is 1160. The highest BCUT2D eigenvalue weighted by Crippen LogP contribution is 2.25. The SMILES string of the molecule is CCCCCCc1ccsc1C#Cc1cc(CCCCCC)c(C#Cc2sccc2CCCCCC)s1. The van der Waals surface area contributed by atoms with Gasteiger partial charge >= 0.3 is 0 Å². The number of hydrogen-bond acceptors (Lipinski definition) is 3. The van der Waals surface area contributed by atoms with Gasteiger partial charge in [0.05, 0.1) is 19.5 Å². The second kappa shape index (κ2) is 17.7. The van der Waals surface area contributed by atoms with Gasteiger partial charge in [-0.1, -0.05) is 78.6 Å². The van der Waals surface area contributed by atoms with Crippen molar-refractivity contribution >= 4 is 34.0 Å². The molecule has 0 radical (unpaired) electrons. The zero-order valence-corrected chi connectivity index (χ0v) is 25.7. The van der Waals surface area contributed by atoms with Gasteiger partial charge in [-0.25, -0.2) is 0 Å². The second-order valence-electron chi connectivity index (χ2n) is 9.95. The normalized spacial score (nSPS) is 10.7. The van der Waals surface area contributed by atoms with Crippen molar-refractivity contribution < 1.29 is 0 Å². The molecule has 37 heavy (non-hydrogen) atoms. The summed E-state index contributed by atoms with van der Waals surface area (Å²) >= 11 is 5.37. The van der Waals surface area contributed by atoms with E-state index in [1.165, 1.54) is 108 Å². The van der Waals surface area contributed by atoms with Crippen LogP contribution in [-0.2, 0) is 19.3 Å². The lowest BCUT2D eigenvalue weighted by molar-refractivity contribution is 0.667. The molecule has 0 aromatic carbocycles. The first-order valence-corrected chi connectivity index (χ1v) is 17.1. The minimum atomic E-state index is 1.11. The third kappa shape index (κ3) is 10.5. The average molecular weight is 549 g/mol. The van der Waals surface area contributed by atoms with E-state index in [2.05, 4.69) is 73.4 Å². The molecule has 0 aliphatic heterocycles.